The Morgan fingerprint density at radius 2 is 2.53 bits per heavy atom. The van der Waals surface area contributed by atoms with E-state index in [1.165, 1.54) is 0 Å². The second kappa shape index (κ2) is 5.62. The van der Waals surface area contributed by atoms with Gasteiger partial charge in [-0.1, -0.05) is 0 Å². The third-order valence-electron chi connectivity index (χ3n) is 3.06. The Morgan fingerprint density at radius 3 is 3.12 bits per heavy atom. The van der Waals surface area contributed by atoms with Crippen LogP contribution in [0.4, 0.5) is 0 Å². The van der Waals surface area contributed by atoms with E-state index < -0.39 is 0 Å². The lowest BCUT2D eigenvalue weighted by Gasteiger charge is -2.16. The van der Waals surface area contributed by atoms with Gasteiger partial charge in [-0.05, 0) is 42.2 Å². The average molecular weight is 254 g/mol. The maximum Gasteiger partial charge on any atom is 0.249 e. The Morgan fingerprint density at radius 1 is 1.71 bits per heavy atom. The zero-order valence-corrected chi connectivity index (χ0v) is 10.7. The van der Waals surface area contributed by atoms with Gasteiger partial charge in [0.1, 0.15) is 6.10 Å². The molecule has 2 rings (SSSR count). The molecular weight excluding hydrogens is 236 g/mol. The van der Waals surface area contributed by atoms with E-state index in [1.54, 1.807) is 11.3 Å². The minimum Gasteiger partial charge on any atom is -0.364 e. The van der Waals surface area contributed by atoms with Gasteiger partial charge in [-0.2, -0.15) is 11.3 Å². The molecule has 1 aliphatic heterocycles. The normalized spacial score (nSPS) is 25.8. The zero-order chi connectivity index (χ0) is 12.3. The third-order valence-corrected chi connectivity index (χ3v) is 3.77. The van der Waals surface area contributed by atoms with Gasteiger partial charge in [0.15, 0.2) is 0 Å². The van der Waals surface area contributed by atoms with Gasteiger partial charge in [0, 0.05) is 6.54 Å². The van der Waals surface area contributed by atoms with Crippen LogP contribution in [0.5, 0.6) is 0 Å². The summed E-state index contributed by atoms with van der Waals surface area (Å²) in [7, 11) is 0. The first-order chi connectivity index (χ1) is 8.20. The first-order valence-electron chi connectivity index (χ1n) is 5.88. The summed E-state index contributed by atoms with van der Waals surface area (Å²) in [4.78, 5) is 11.9. The zero-order valence-electron chi connectivity index (χ0n) is 9.89. The van der Waals surface area contributed by atoms with E-state index in [0.717, 1.165) is 18.4 Å². The highest BCUT2D eigenvalue weighted by Gasteiger charge is 2.30. The minimum atomic E-state index is -0.329. The lowest BCUT2D eigenvalue weighted by Crippen LogP contribution is -2.36. The van der Waals surface area contributed by atoms with Gasteiger partial charge in [-0.3, -0.25) is 4.79 Å². The Hall–Kier alpha value is -0.910. The molecule has 17 heavy (non-hydrogen) atoms. The van der Waals surface area contributed by atoms with E-state index >= 15 is 0 Å². The molecule has 0 aromatic carbocycles. The molecule has 0 aliphatic carbocycles. The molecule has 5 heteroatoms. The van der Waals surface area contributed by atoms with E-state index in [1.807, 2.05) is 23.8 Å². The molecule has 3 atom stereocenters. The van der Waals surface area contributed by atoms with Crippen molar-refractivity contribution in [3.05, 3.63) is 22.4 Å². The molecule has 94 valence electrons. The summed E-state index contributed by atoms with van der Waals surface area (Å²) in [5, 5.41) is 7.02. The number of nitrogens with one attached hydrogen (secondary N) is 1. The van der Waals surface area contributed by atoms with Crippen molar-refractivity contribution in [2.24, 2.45) is 5.73 Å². The van der Waals surface area contributed by atoms with Crippen LogP contribution in [-0.4, -0.2) is 24.7 Å². The molecule has 3 N–H and O–H groups in total. The number of thiophene rings is 1. The van der Waals surface area contributed by atoms with Crippen molar-refractivity contribution >= 4 is 17.2 Å². The summed E-state index contributed by atoms with van der Waals surface area (Å²) >= 11 is 1.63. The summed E-state index contributed by atoms with van der Waals surface area (Å²) in [6, 6.07) is 2.06. The molecule has 3 unspecified atom stereocenters. The maximum atomic E-state index is 11.9. The van der Waals surface area contributed by atoms with Gasteiger partial charge in [0.05, 0.1) is 12.1 Å². The van der Waals surface area contributed by atoms with Gasteiger partial charge in [0.25, 0.3) is 0 Å². The van der Waals surface area contributed by atoms with E-state index in [-0.39, 0.29) is 24.2 Å². The largest absolute Gasteiger partial charge is 0.364 e. The molecule has 0 saturated carbocycles. The fraction of sp³-hybridized carbons (Fsp3) is 0.583. The summed E-state index contributed by atoms with van der Waals surface area (Å²) < 4.78 is 5.56. The Balaban J connectivity index is 1.85. The maximum absolute atomic E-state index is 11.9. The van der Waals surface area contributed by atoms with Crippen LogP contribution in [0, 0.1) is 0 Å². The molecule has 1 aliphatic rings. The second-order valence-electron chi connectivity index (χ2n) is 4.35. The van der Waals surface area contributed by atoms with E-state index in [9.17, 15) is 4.79 Å². The molecule has 0 bridgehead atoms. The second-order valence-corrected chi connectivity index (χ2v) is 5.13. The van der Waals surface area contributed by atoms with Crippen LogP contribution in [0.15, 0.2) is 16.8 Å². The highest BCUT2D eigenvalue weighted by Crippen LogP contribution is 2.21. The lowest BCUT2D eigenvalue weighted by atomic mass is 10.1. The Kier molecular flexibility index (Phi) is 4.15. The van der Waals surface area contributed by atoms with Gasteiger partial charge in [0.2, 0.25) is 5.91 Å². The van der Waals surface area contributed by atoms with E-state index in [0.29, 0.717) is 6.54 Å². The molecule has 1 aromatic rings. The van der Waals surface area contributed by atoms with Crippen molar-refractivity contribution in [2.75, 3.05) is 6.54 Å². The van der Waals surface area contributed by atoms with Gasteiger partial charge in [-0.25, -0.2) is 0 Å². The number of carbonyl (C=O) groups excluding carboxylic acids is 1. The predicted molar refractivity (Wildman–Crippen MR) is 67.8 cm³/mol. The molecule has 0 spiro atoms. The molecular formula is C12H18N2O2S. The number of ether oxygens (including phenoxy) is 1. The number of rotatable bonds is 4. The molecule has 1 saturated heterocycles. The quantitative estimate of drug-likeness (QED) is 0.854. The standard InChI is InChI=1S/C12H18N2O2S/c1-8(9-4-5-17-7-9)14-12(15)11-3-2-10(6-13)16-11/h4-5,7-8,10-11H,2-3,6,13H2,1H3,(H,14,15). The highest BCUT2D eigenvalue weighted by atomic mass is 32.1. The predicted octanol–water partition coefficient (Wildman–Crippen LogP) is 1.43. The fourth-order valence-corrected chi connectivity index (χ4v) is 2.74. The van der Waals surface area contributed by atoms with Crippen LogP contribution in [0.3, 0.4) is 0 Å². The van der Waals surface area contributed by atoms with Crippen molar-refractivity contribution in [3.8, 4) is 0 Å². The molecule has 1 amide bonds. The van der Waals surface area contributed by atoms with Crippen LogP contribution < -0.4 is 11.1 Å². The van der Waals surface area contributed by atoms with Crippen molar-refractivity contribution in [1.82, 2.24) is 5.32 Å². The SMILES string of the molecule is CC(NC(=O)C1CCC(CN)O1)c1ccsc1. The smallest absolute Gasteiger partial charge is 0.249 e. The van der Waals surface area contributed by atoms with Gasteiger partial charge in [-0.15, -0.1) is 0 Å². The number of hydrogen-bond acceptors (Lipinski definition) is 4. The van der Waals surface area contributed by atoms with E-state index in [2.05, 4.69) is 5.32 Å². The first-order valence-corrected chi connectivity index (χ1v) is 6.83. The van der Waals surface area contributed by atoms with Crippen molar-refractivity contribution in [2.45, 2.75) is 38.0 Å². The van der Waals surface area contributed by atoms with E-state index in [4.69, 9.17) is 10.5 Å². The number of amides is 1. The minimum absolute atomic E-state index is 0.0281. The van der Waals surface area contributed by atoms with Crippen LogP contribution >= 0.6 is 11.3 Å². The van der Waals surface area contributed by atoms with Gasteiger partial charge >= 0.3 is 0 Å². The molecule has 1 aromatic heterocycles. The van der Waals surface area contributed by atoms with Crippen LogP contribution in [0.25, 0.3) is 0 Å². The van der Waals surface area contributed by atoms with Crippen molar-refractivity contribution < 1.29 is 9.53 Å². The fourth-order valence-electron chi connectivity index (χ4n) is 1.98. The summed E-state index contributed by atoms with van der Waals surface area (Å²) in [6.45, 7) is 2.47. The summed E-state index contributed by atoms with van der Waals surface area (Å²) in [6.07, 6.45) is 1.36. The summed E-state index contributed by atoms with van der Waals surface area (Å²) in [5.41, 5.74) is 6.66. The van der Waals surface area contributed by atoms with Crippen LogP contribution in [-0.2, 0) is 9.53 Å². The number of hydrogen-bond donors (Lipinski definition) is 2. The van der Waals surface area contributed by atoms with Crippen LogP contribution in [0.2, 0.25) is 0 Å². The highest BCUT2D eigenvalue weighted by molar-refractivity contribution is 7.07. The average Bonchev–Trinajstić information content (AvgIpc) is 3.00. The molecule has 4 nitrogen and oxygen atoms in total. The van der Waals surface area contributed by atoms with Gasteiger partial charge < -0.3 is 15.8 Å². The van der Waals surface area contributed by atoms with Crippen LogP contribution in [0.1, 0.15) is 31.4 Å². The van der Waals surface area contributed by atoms with Crippen molar-refractivity contribution in [3.63, 3.8) is 0 Å². The molecule has 0 radical (unpaired) electrons. The first kappa shape index (κ1) is 12.5. The molecule has 2 heterocycles. The van der Waals surface area contributed by atoms with Crippen molar-refractivity contribution in [1.29, 1.82) is 0 Å². The topological polar surface area (TPSA) is 64.4 Å². The third kappa shape index (κ3) is 3.06. The summed E-state index contributed by atoms with van der Waals surface area (Å²) in [5.74, 6) is -0.0281. The monoisotopic (exact) mass is 254 g/mol. The Bertz CT molecular complexity index is 367. The number of nitrogens with two attached hydrogens (primary N) is 1. The lowest BCUT2D eigenvalue weighted by molar-refractivity contribution is -0.132. The molecule has 1 fully saturated rings. The number of carbonyl (C=O) groups is 1. The Labute approximate surface area is 105 Å².